The van der Waals surface area contributed by atoms with Gasteiger partial charge in [-0.25, -0.2) is 0 Å². The first kappa shape index (κ1) is 17.0. The fraction of sp³-hybridized carbons (Fsp3) is 0.467. The number of rotatable bonds is 8. The summed E-state index contributed by atoms with van der Waals surface area (Å²) in [5.41, 5.74) is 0.624. The summed E-state index contributed by atoms with van der Waals surface area (Å²) in [7, 11) is 1.55. The van der Waals surface area contributed by atoms with Crippen molar-refractivity contribution in [1.29, 1.82) is 0 Å². The minimum absolute atomic E-state index is 0.0402. The number of carbonyl (C=O) groups excluding carboxylic acids is 1. The quantitative estimate of drug-likeness (QED) is 0.764. The van der Waals surface area contributed by atoms with Gasteiger partial charge in [-0.15, -0.1) is 0 Å². The monoisotopic (exact) mass is 294 g/mol. The lowest BCUT2D eigenvalue weighted by Crippen LogP contribution is -2.44. The molecule has 0 aliphatic rings. The van der Waals surface area contributed by atoms with E-state index < -0.39 is 12.0 Å². The molecule has 1 aromatic carbocycles. The average Bonchev–Trinajstić information content (AvgIpc) is 2.46. The van der Waals surface area contributed by atoms with Crippen LogP contribution in [-0.2, 0) is 9.59 Å². The molecule has 6 nitrogen and oxygen atoms in total. The van der Waals surface area contributed by atoms with Gasteiger partial charge < -0.3 is 15.2 Å². The molecule has 1 rings (SSSR count). The minimum atomic E-state index is -0.909. The van der Waals surface area contributed by atoms with Crippen LogP contribution in [0.15, 0.2) is 24.3 Å². The van der Waals surface area contributed by atoms with Crippen LogP contribution in [0.2, 0.25) is 0 Å². The lowest BCUT2D eigenvalue weighted by atomic mass is 10.2. The van der Waals surface area contributed by atoms with Crippen molar-refractivity contribution in [2.45, 2.75) is 26.3 Å². The molecule has 1 unspecified atom stereocenters. The van der Waals surface area contributed by atoms with Crippen LogP contribution < -0.4 is 10.1 Å². The van der Waals surface area contributed by atoms with Gasteiger partial charge in [0.2, 0.25) is 5.91 Å². The summed E-state index contributed by atoms with van der Waals surface area (Å²) in [6.45, 7) is 4.17. The van der Waals surface area contributed by atoms with Crippen LogP contribution in [0.1, 0.15) is 20.3 Å². The first-order valence-corrected chi connectivity index (χ1v) is 6.92. The van der Waals surface area contributed by atoms with E-state index in [1.54, 1.807) is 43.2 Å². The molecule has 0 bridgehead atoms. The molecular formula is C15H22N2O4. The van der Waals surface area contributed by atoms with Crippen molar-refractivity contribution < 1.29 is 19.4 Å². The number of benzene rings is 1. The molecule has 0 saturated carbocycles. The van der Waals surface area contributed by atoms with Crippen molar-refractivity contribution in [3.05, 3.63) is 24.3 Å². The highest BCUT2D eigenvalue weighted by atomic mass is 16.5. The number of aliphatic carboxylic acids is 1. The van der Waals surface area contributed by atoms with Gasteiger partial charge in [0.15, 0.2) is 0 Å². The van der Waals surface area contributed by atoms with E-state index in [-0.39, 0.29) is 12.5 Å². The topological polar surface area (TPSA) is 78.9 Å². The number of methoxy groups -OCH3 is 1. The molecule has 1 amide bonds. The maximum Gasteiger partial charge on any atom is 0.320 e. The van der Waals surface area contributed by atoms with Crippen LogP contribution in [0.4, 0.5) is 5.69 Å². The Balaban J connectivity index is 2.68. The molecule has 0 radical (unpaired) electrons. The van der Waals surface area contributed by atoms with Crippen molar-refractivity contribution >= 4 is 17.6 Å². The van der Waals surface area contributed by atoms with Crippen LogP contribution in [0, 0.1) is 0 Å². The highest BCUT2D eigenvalue weighted by molar-refractivity contribution is 5.92. The standard InChI is InChI=1S/C15H22N2O4/c1-4-13(15(19)20)17(5-2)10-14(18)16-11-7-6-8-12(9-11)21-3/h6-9,13H,4-5,10H2,1-3H3,(H,16,18)(H,19,20). The van der Waals surface area contributed by atoms with E-state index in [0.717, 1.165) is 0 Å². The average molecular weight is 294 g/mol. The smallest absolute Gasteiger partial charge is 0.320 e. The van der Waals surface area contributed by atoms with Gasteiger partial charge in [0.1, 0.15) is 11.8 Å². The Morgan fingerprint density at radius 1 is 1.38 bits per heavy atom. The number of carboxylic acid groups (broad SMARTS) is 1. The van der Waals surface area contributed by atoms with Crippen molar-refractivity contribution in [2.24, 2.45) is 0 Å². The summed E-state index contributed by atoms with van der Waals surface area (Å²) in [4.78, 5) is 24.8. The van der Waals surface area contributed by atoms with E-state index >= 15 is 0 Å². The molecule has 6 heteroatoms. The Hall–Kier alpha value is -2.08. The van der Waals surface area contributed by atoms with E-state index in [4.69, 9.17) is 9.84 Å². The molecule has 0 spiro atoms. The number of amides is 1. The second kappa shape index (κ2) is 8.26. The molecule has 21 heavy (non-hydrogen) atoms. The predicted octanol–water partition coefficient (Wildman–Crippen LogP) is 1.82. The highest BCUT2D eigenvalue weighted by Gasteiger charge is 2.24. The Kier molecular flexibility index (Phi) is 6.68. The van der Waals surface area contributed by atoms with Crippen molar-refractivity contribution in [2.75, 3.05) is 25.5 Å². The zero-order chi connectivity index (χ0) is 15.8. The molecule has 116 valence electrons. The number of carboxylic acids is 1. The number of nitrogens with one attached hydrogen (secondary N) is 1. The van der Waals surface area contributed by atoms with Crippen LogP contribution in [0.3, 0.4) is 0 Å². The molecule has 1 aromatic rings. The largest absolute Gasteiger partial charge is 0.497 e. The highest BCUT2D eigenvalue weighted by Crippen LogP contribution is 2.16. The van der Waals surface area contributed by atoms with Crippen molar-refractivity contribution in [1.82, 2.24) is 4.90 Å². The van der Waals surface area contributed by atoms with Gasteiger partial charge >= 0.3 is 5.97 Å². The molecule has 0 saturated heterocycles. The van der Waals surface area contributed by atoms with Crippen LogP contribution in [0.25, 0.3) is 0 Å². The summed E-state index contributed by atoms with van der Waals surface area (Å²) >= 11 is 0. The molecule has 1 atom stereocenters. The molecule has 0 aliphatic heterocycles. The number of likely N-dealkylation sites (N-methyl/N-ethyl adjacent to an activating group) is 1. The zero-order valence-electron chi connectivity index (χ0n) is 12.6. The Morgan fingerprint density at radius 2 is 2.10 bits per heavy atom. The van der Waals surface area contributed by atoms with E-state index in [1.165, 1.54) is 0 Å². The van der Waals surface area contributed by atoms with Gasteiger partial charge in [0.25, 0.3) is 0 Å². The third-order valence-electron chi connectivity index (χ3n) is 3.22. The van der Waals surface area contributed by atoms with Crippen LogP contribution >= 0.6 is 0 Å². The van der Waals surface area contributed by atoms with Crippen LogP contribution in [-0.4, -0.2) is 48.1 Å². The summed E-state index contributed by atoms with van der Waals surface area (Å²) < 4.78 is 5.09. The first-order chi connectivity index (χ1) is 10.0. The molecular weight excluding hydrogens is 272 g/mol. The van der Waals surface area contributed by atoms with Gasteiger partial charge in [-0.1, -0.05) is 19.9 Å². The number of hydrogen-bond acceptors (Lipinski definition) is 4. The molecule has 2 N–H and O–H groups in total. The van der Waals surface area contributed by atoms with E-state index in [9.17, 15) is 9.59 Å². The molecule has 0 aliphatic carbocycles. The molecule has 0 heterocycles. The van der Waals surface area contributed by atoms with Crippen LogP contribution in [0.5, 0.6) is 5.75 Å². The lowest BCUT2D eigenvalue weighted by molar-refractivity contribution is -0.143. The molecule has 0 fully saturated rings. The first-order valence-electron chi connectivity index (χ1n) is 6.92. The zero-order valence-corrected chi connectivity index (χ0v) is 12.6. The number of ether oxygens (including phenoxy) is 1. The normalized spacial score (nSPS) is 12.0. The van der Waals surface area contributed by atoms with E-state index in [0.29, 0.717) is 24.4 Å². The Labute approximate surface area is 124 Å². The lowest BCUT2D eigenvalue weighted by Gasteiger charge is -2.25. The number of anilines is 1. The van der Waals surface area contributed by atoms with Crippen molar-refractivity contribution in [3.63, 3.8) is 0 Å². The number of nitrogens with zero attached hydrogens (tertiary/aromatic N) is 1. The fourth-order valence-corrected chi connectivity index (χ4v) is 2.12. The summed E-state index contributed by atoms with van der Waals surface area (Å²) in [6, 6.07) is 6.38. The van der Waals surface area contributed by atoms with E-state index in [2.05, 4.69) is 5.32 Å². The SMILES string of the molecule is CCC(C(=O)O)N(CC)CC(=O)Nc1cccc(OC)c1. The van der Waals surface area contributed by atoms with Gasteiger partial charge in [0, 0.05) is 11.8 Å². The van der Waals surface area contributed by atoms with Gasteiger partial charge in [-0.05, 0) is 25.1 Å². The summed E-state index contributed by atoms with van der Waals surface area (Å²) in [5.74, 6) is -0.504. The second-order valence-corrected chi connectivity index (χ2v) is 4.61. The number of carbonyl (C=O) groups is 2. The Morgan fingerprint density at radius 3 is 2.62 bits per heavy atom. The summed E-state index contributed by atoms with van der Waals surface area (Å²) in [6.07, 6.45) is 0.454. The minimum Gasteiger partial charge on any atom is -0.497 e. The third kappa shape index (κ3) is 5.07. The predicted molar refractivity (Wildman–Crippen MR) is 80.6 cm³/mol. The summed E-state index contributed by atoms with van der Waals surface area (Å²) in [5, 5.41) is 11.9. The maximum absolute atomic E-state index is 12.0. The third-order valence-corrected chi connectivity index (χ3v) is 3.22. The van der Waals surface area contributed by atoms with Gasteiger partial charge in [-0.3, -0.25) is 14.5 Å². The van der Waals surface area contributed by atoms with E-state index in [1.807, 2.05) is 6.92 Å². The van der Waals surface area contributed by atoms with Gasteiger partial charge in [-0.2, -0.15) is 0 Å². The maximum atomic E-state index is 12.0. The fourth-order valence-electron chi connectivity index (χ4n) is 2.12. The molecule has 0 aromatic heterocycles. The van der Waals surface area contributed by atoms with Crippen molar-refractivity contribution in [3.8, 4) is 5.75 Å². The Bertz CT molecular complexity index is 490. The number of hydrogen-bond donors (Lipinski definition) is 2. The van der Waals surface area contributed by atoms with Gasteiger partial charge in [0.05, 0.1) is 13.7 Å². The second-order valence-electron chi connectivity index (χ2n) is 4.61.